The van der Waals surface area contributed by atoms with Crippen molar-refractivity contribution in [2.24, 2.45) is 0 Å². The Balaban J connectivity index is 0.000000774. The van der Waals surface area contributed by atoms with Gasteiger partial charge < -0.3 is 9.47 Å². The van der Waals surface area contributed by atoms with E-state index in [0.29, 0.717) is 0 Å². The van der Waals surface area contributed by atoms with Gasteiger partial charge in [0.15, 0.2) is 5.60 Å². The number of rotatable bonds is 3. The van der Waals surface area contributed by atoms with E-state index in [2.05, 4.69) is 12.8 Å². The number of terminal acetylenes is 1. The summed E-state index contributed by atoms with van der Waals surface area (Å²) in [5.41, 5.74) is 1.30. The Labute approximate surface area is 124 Å². The molecule has 2 aromatic carbocycles. The van der Waals surface area contributed by atoms with E-state index in [4.69, 9.17) is 9.47 Å². The number of para-hydroxylation sites is 1. The van der Waals surface area contributed by atoms with Crippen molar-refractivity contribution >= 4 is 5.97 Å². The van der Waals surface area contributed by atoms with Gasteiger partial charge in [-0.1, -0.05) is 48.5 Å². The van der Waals surface area contributed by atoms with E-state index in [9.17, 15) is 4.79 Å². The molecule has 3 rings (SSSR count). The number of esters is 1. The first kappa shape index (κ1) is 14.7. The topological polar surface area (TPSA) is 35.5 Å². The van der Waals surface area contributed by atoms with Crippen LogP contribution in [0.2, 0.25) is 0 Å². The van der Waals surface area contributed by atoms with E-state index in [1.54, 1.807) is 0 Å². The summed E-state index contributed by atoms with van der Waals surface area (Å²) in [7, 11) is 1.39. The van der Waals surface area contributed by atoms with Crippen molar-refractivity contribution in [3.63, 3.8) is 0 Å². The van der Waals surface area contributed by atoms with Gasteiger partial charge in [0, 0.05) is 11.1 Å². The largest absolute Gasteiger partial charge is 0.477 e. The zero-order valence-electron chi connectivity index (χ0n) is 11.8. The molecule has 0 N–H and O–H groups in total. The number of fused-ring (bicyclic) bond motifs is 1. The van der Waals surface area contributed by atoms with Gasteiger partial charge in [0.1, 0.15) is 5.75 Å². The highest BCUT2D eigenvalue weighted by Gasteiger charge is 2.48. The Morgan fingerprint density at radius 1 is 1.10 bits per heavy atom. The molecule has 21 heavy (non-hydrogen) atoms. The average Bonchev–Trinajstić information content (AvgIpc) is 2.55. The zero-order chi connectivity index (χ0) is 15.3. The Morgan fingerprint density at radius 2 is 1.71 bits per heavy atom. The fourth-order valence-corrected chi connectivity index (χ4v) is 2.52. The minimum absolute atomic E-state index is 0.185. The molecule has 1 atom stereocenters. The molecule has 0 aliphatic carbocycles. The summed E-state index contributed by atoms with van der Waals surface area (Å²) in [6.45, 7) is 0. The number of benzene rings is 2. The summed E-state index contributed by atoms with van der Waals surface area (Å²) in [4.78, 5) is 11.7. The van der Waals surface area contributed by atoms with Crippen molar-refractivity contribution in [1.82, 2.24) is 0 Å². The average molecular weight is 280 g/mol. The van der Waals surface area contributed by atoms with Crippen molar-refractivity contribution in [3.05, 3.63) is 65.7 Å². The summed E-state index contributed by atoms with van der Waals surface area (Å²) in [5, 5.41) is 0. The van der Waals surface area contributed by atoms with Gasteiger partial charge in [-0.05, 0) is 6.07 Å². The molecule has 0 spiro atoms. The number of hydrogen-bond donors (Lipinski definition) is 0. The van der Waals surface area contributed by atoms with E-state index in [1.165, 1.54) is 7.11 Å². The van der Waals surface area contributed by atoms with E-state index in [1.807, 2.05) is 54.6 Å². The highest BCUT2D eigenvalue weighted by atomic mass is 16.5. The van der Waals surface area contributed by atoms with Gasteiger partial charge in [-0.15, -0.1) is 12.8 Å². The third kappa shape index (κ3) is 2.48. The van der Waals surface area contributed by atoms with Crippen LogP contribution in [0.5, 0.6) is 5.75 Å². The first-order valence-corrected chi connectivity index (χ1v) is 6.50. The van der Waals surface area contributed by atoms with Crippen molar-refractivity contribution < 1.29 is 14.3 Å². The van der Waals surface area contributed by atoms with Crippen LogP contribution in [0.25, 0.3) is 0 Å². The van der Waals surface area contributed by atoms with Gasteiger partial charge in [0.2, 0.25) is 0 Å². The van der Waals surface area contributed by atoms with Crippen molar-refractivity contribution in [2.45, 2.75) is 12.0 Å². The maximum absolute atomic E-state index is 11.7. The van der Waals surface area contributed by atoms with Crippen LogP contribution in [0.3, 0.4) is 0 Å². The number of carbonyl (C=O) groups excluding carboxylic acids is 1. The zero-order valence-corrected chi connectivity index (χ0v) is 11.8. The second-order valence-electron chi connectivity index (χ2n) is 4.54. The molecule has 1 aliphatic heterocycles. The summed E-state index contributed by atoms with van der Waals surface area (Å²) in [6, 6.07) is 17.6. The van der Waals surface area contributed by atoms with Crippen molar-refractivity contribution in [3.8, 4) is 18.6 Å². The maximum Gasteiger partial charge on any atom is 0.310 e. The highest BCUT2D eigenvalue weighted by Crippen LogP contribution is 2.50. The molecular weight excluding hydrogens is 264 g/mol. The van der Waals surface area contributed by atoms with Crippen molar-refractivity contribution in [2.75, 3.05) is 7.11 Å². The number of carbonyl (C=O) groups is 1. The lowest BCUT2D eigenvalue weighted by molar-refractivity contribution is -0.145. The second-order valence-corrected chi connectivity index (χ2v) is 4.54. The Hall–Kier alpha value is -2.73. The van der Waals surface area contributed by atoms with Crippen LogP contribution in [0.1, 0.15) is 17.5 Å². The first-order valence-electron chi connectivity index (χ1n) is 6.50. The lowest BCUT2D eigenvalue weighted by Gasteiger charge is -2.43. The maximum atomic E-state index is 11.7. The predicted molar refractivity (Wildman–Crippen MR) is 80.8 cm³/mol. The van der Waals surface area contributed by atoms with Gasteiger partial charge in [0.25, 0.3) is 0 Å². The molecule has 3 heteroatoms. The molecule has 0 amide bonds. The molecule has 0 bridgehead atoms. The Morgan fingerprint density at radius 3 is 2.33 bits per heavy atom. The normalized spacial score (nSPS) is 18.0. The molecule has 3 nitrogen and oxygen atoms in total. The summed E-state index contributed by atoms with van der Waals surface area (Å²) in [5.74, 6) is 0.550. The van der Waals surface area contributed by atoms with E-state index < -0.39 is 5.60 Å². The van der Waals surface area contributed by atoms with Crippen LogP contribution in [-0.2, 0) is 15.1 Å². The molecule has 1 aliphatic rings. The molecule has 1 unspecified atom stereocenters. The van der Waals surface area contributed by atoms with Gasteiger partial charge in [0.05, 0.1) is 13.5 Å². The highest BCUT2D eigenvalue weighted by molar-refractivity contribution is 5.74. The number of ether oxygens (including phenoxy) is 2. The molecule has 0 fully saturated rings. The van der Waals surface area contributed by atoms with E-state index >= 15 is 0 Å². The van der Waals surface area contributed by atoms with Gasteiger partial charge >= 0.3 is 5.97 Å². The molecule has 2 aromatic rings. The third-order valence-electron chi connectivity index (χ3n) is 3.47. The van der Waals surface area contributed by atoms with Crippen LogP contribution in [-0.4, -0.2) is 13.1 Å². The quantitative estimate of drug-likeness (QED) is 0.640. The van der Waals surface area contributed by atoms with Crippen molar-refractivity contribution in [1.29, 1.82) is 0 Å². The lowest BCUT2D eigenvalue weighted by atomic mass is 9.79. The minimum Gasteiger partial charge on any atom is -0.477 e. The summed E-state index contributed by atoms with van der Waals surface area (Å²) >= 11 is 0. The molecule has 0 aromatic heterocycles. The Kier molecular flexibility index (Phi) is 4.30. The molecule has 0 radical (unpaired) electrons. The molecule has 0 saturated heterocycles. The Bertz CT molecular complexity index is 646. The second kappa shape index (κ2) is 6.15. The van der Waals surface area contributed by atoms with Gasteiger partial charge in [-0.3, -0.25) is 4.79 Å². The number of hydrogen-bond acceptors (Lipinski definition) is 3. The molecule has 1 heterocycles. The van der Waals surface area contributed by atoms with Crippen LogP contribution >= 0.6 is 0 Å². The SMILES string of the molecule is C#C.COC(=O)CC1(c2ccccc2)Oc2ccccc21. The van der Waals surface area contributed by atoms with Crippen LogP contribution in [0, 0.1) is 12.8 Å². The first-order chi connectivity index (χ1) is 10.3. The molecular formula is C18H16O3. The lowest BCUT2D eigenvalue weighted by Crippen LogP contribution is -2.44. The van der Waals surface area contributed by atoms with Crippen LogP contribution < -0.4 is 4.74 Å². The number of methoxy groups -OCH3 is 1. The third-order valence-corrected chi connectivity index (χ3v) is 3.47. The smallest absolute Gasteiger partial charge is 0.310 e. The summed E-state index contributed by atoms with van der Waals surface area (Å²) < 4.78 is 10.7. The predicted octanol–water partition coefficient (Wildman–Crippen LogP) is 3.14. The monoisotopic (exact) mass is 280 g/mol. The fourth-order valence-electron chi connectivity index (χ4n) is 2.52. The van der Waals surface area contributed by atoms with Crippen LogP contribution in [0.15, 0.2) is 54.6 Å². The van der Waals surface area contributed by atoms with E-state index in [-0.39, 0.29) is 12.4 Å². The summed E-state index contributed by atoms with van der Waals surface area (Å²) in [6.07, 6.45) is 8.19. The van der Waals surface area contributed by atoms with Gasteiger partial charge in [-0.25, -0.2) is 0 Å². The minimum atomic E-state index is -0.703. The fraction of sp³-hybridized carbons (Fsp3) is 0.167. The van der Waals surface area contributed by atoms with E-state index in [0.717, 1.165) is 16.9 Å². The van der Waals surface area contributed by atoms with Crippen LogP contribution in [0.4, 0.5) is 0 Å². The molecule has 0 saturated carbocycles. The van der Waals surface area contributed by atoms with Gasteiger partial charge in [-0.2, -0.15) is 0 Å². The molecule has 106 valence electrons. The standard InChI is InChI=1S/C16H14O3.C2H2/c1-18-15(17)11-16(12-7-3-2-4-8-12)13-9-5-6-10-14(13)19-16;1-2/h2-10H,11H2,1H3;1-2H.